The maximum Gasteiger partial charge on any atom is 0.0700 e. The van der Waals surface area contributed by atoms with Gasteiger partial charge in [0, 0.05) is 19.2 Å². The lowest BCUT2D eigenvalue weighted by Crippen LogP contribution is -2.38. The highest BCUT2D eigenvalue weighted by Gasteiger charge is 2.23. The van der Waals surface area contributed by atoms with E-state index in [4.69, 9.17) is 9.84 Å². The molecule has 0 spiro atoms. The largest absolute Gasteiger partial charge is 0.392 e. The second-order valence-corrected chi connectivity index (χ2v) is 3.23. The summed E-state index contributed by atoms with van der Waals surface area (Å²) in [4.78, 5) is 0. The van der Waals surface area contributed by atoms with E-state index in [2.05, 4.69) is 12.2 Å². The molecule has 0 aromatic rings. The third-order valence-electron chi connectivity index (χ3n) is 2.05. The molecule has 3 unspecified atom stereocenters. The highest BCUT2D eigenvalue weighted by molar-refractivity contribution is 4.79. The molecule has 1 aliphatic heterocycles. The molecular formula is C8H17NO2. The fourth-order valence-corrected chi connectivity index (χ4v) is 1.32. The standard InChI is InChI=1S/C8H17NO2/c1-6(10)5-9-8-3-4-11-7(8)2/h6-10H,3-5H2,1-2H3. The molecule has 2 N–H and O–H groups in total. The molecule has 1 fully saturated rings. The summed E-state index contributed by atoms with van der Waals surface area (Å²) in [5, 5.41) is 12.3. The van der Waals surface area contributed by atoms with Gasteiger partial charge in [-0.25, -0.2) is 0 Å². The summed E-state index contributed by atoms with van der Waals surface area (Å²) in [6, 6.07) is 0.435. The molecule has 1 heterocycles. The summed E-state index contributed by atoms with van der Waals surface area (Å²) in [7, 11) is 0. The van der Waals surface area contributed by atoms with Gasteiger partial charge in [-0.3, -0.25) is 0 Å². The first kappa shape index (κ1) is 8.97. The zero-order chi connectivity index (χ0) is 8.27. The van der Waals surface area contributed by atoms with Crippen molar-refractivity contribution in [1.82, 2.24) is 5.32 Å². The summed E-state index contributed by atoms with van der Waals surface area (Å²) in [5.74, 6) is 0. The molecule has 3 atom stereocenters. The van der Waals surface area contributed by atoms with Gasteiger partial charge in [0.25, 0.3) is 0 Å². The number of aliphatic hydroxyl groups is 1. The molecular weight excluding hydrogens is 142 g/mol. The van der Waals surface area contributed by atoms with Gasteiger partial charge in [0.1, 0.15) is 0 Å². The molecule has 0 bridgehead atoms. The van der Waals surface area contributed by atoms with E-state index < -0.39 is 0 Å². The van der Waals surface area contributed by atoms with Gasteiger partial charge >= 0.3 is 0 Å². The minimum Gasteiger partial charge on any atom is -0.392 e. The average Bonchev–Trinajstić information content (AvgIpc) is 2.31. The molecule has 3 nitrogen and oxygen atoms in total. The summed E-state index contributed by atoms with van der Waals surface area (Å²) in [5.41, 5.74) is 0. The summed E-state index contributed by atoms with van der Waals surface area (Å²) in [6.45, 7) is 5.36. The number of hydrogen-bond acceptors (Lipinski definition) is 3. The van der Waals surface area contributed by atoms with Gasteiger partial charge in [0.2, 0.25) is 0 Å². The van der Waals surface area contributed by atoms with Crippen molar-refractivity contribution in [2.45, 2.75) is 38.5 Å². The molecule has 0 aromatic heterocycles. The average molecular weight is 159 g/mol. The minimum absolute atomic E-state index is 0.261. The zero-order valence-electron chi connectivity index (χ0n) is 7.21. The first-order valence-corrected chi connectivity index (χ1v) is 4.23. The van der Waals surface area contributed by atoms with Crippen LogP contribution in [0.4, 0.5) is 0 Å². The number of aliphatic hydroxyl groups excluding tert-OH is 1. The van der Waals surface area contributed by atoms with Crippen molar-refractivity contribution in [1.29, 1.82) is 0 Å². The second kappa shape index (κ2) is 4.04. The molecule has 1 saturated heterocycles. The molecule has 0 amide bonds. The van der Waals surface area contributed by atoms with Crippen molar-refractivity contribution >= 4 is 0 Å². The van der Waals surface area contributed by atoms with Crippen molar-refractivity contribution in [2.75, 3.05) is 13.2 Å². The van der Waals surface area contributed by atoms with E-state index in [0.717, 1.165) is 13.0 Å². The van der Waals surface area contributed by atoms with Gasteiger partial charge in [-0.05, 0) is 20.3 Å². The number of hydrogen-bond donors (Lipinski definition) is 2. The highest BCUT2D eigenvalue weighted by Crippen LogP contribution is 2.11. The van der Waals surface area contributed by atoms with Crippen LogP contribution in [-0.4, -0.2) is 36.5 Å². The van der Waals surface area contributed by atoms with E-state index in [0.29, 0.717) is 18.7 Å². The summed E-state index contributed by atoms with van der Waals surface area (Å²) < 4.78 is 5.35. The van der Waals surface area contributed by atoms with Gasteiger partial charge in [-0.1, -0.05) is 0 Å². The molecule has 3 heteroatoms. The van der Waals surface area contributed by atoms with Gasteiger partial charge < -0.3 is 15.2 Å². The van der Waals surface area contributed by atoms with Crippen LogP contribution in [0.5, 0.6) is 0 Å². The second-order valence-electron chi connectivity index (χ2n) is 3.23. The van der Waals surface area contributed by atoms with Crippen LogP contribution in [0.15, 0.2) is 0 Å². The Kier molecular flexibility index (Phi) is 3.30. The topological polar surface area (TPSA) is 41.5 Å². The Labute approximate surface area is 67.7 Å². The van der Waals surface area contributed by atoms with Crippen LogP contribution in [0.1, 0.15) is 20.3 Å². The Morgan fingerprint density at radius 1 is 1.73 bits per heavy atom. The smallest absolute Gasteiger partial charge is 0.0700 e. The van der Waals surface area contributed by atoms with Crippen molar-refractivity contribution in [3.8, 4) is 0 Å². The van der Waals surface area contributed by atoms with E-state index in [9.17, 15) is 0 Å². The molecule has 0 saturated carbocycles. The van der Waals surface area contributed by atoms with Crippen LogP contribution >= 0.6 is 0 Å². The van der Waals surface area contributed by atoms with Crippen LogP contribution in [0.3, 0.4) is 0 Å². The molecule has 0 aliphatic carbocycles. The molecule has 0 aromatic carbocycles. The molecule has 1 aliphatic rings. The lowest BCUT2D eigenvalue weighted by molar-refractivity contribution is 0.108. The molecule has 66 valence electrons. The maximum absolute atomic E-state index is 9.00. The summed E-state index contributed by atoms with van der Waals surface area (Å²) >= 11 is 0. The molecule has 0 radical (unpaired) electrons. The first-order valence-electron chi connectivity index (χ1n) is 4.23. The van der Waals surface area contributed by atoms with E-state index in [1.807, 2.05) is 0 Å². The van der Waals surface area contributed by atoms with E-state index in [-0.39, 0.29) is 6.10 Å². The lowest BCUT2D eigenvalue weighted by Gasteiger charge is -2.16. The minimum atomic E-state index is -0.261. The zero-order valence-corrected chi connectivity index (χ0v) is 7.21. The van der Waals surface area contributed by atoms with Crippen LogP contribution < -0.4 is 5.32 Å². The van der Waals surface area contributed by atoms with E-state index in [1.54, 1.807) is 6.92 Å². The third kappa shape index (κ3) is 2.77. The Balaban J connectivity index is 2.15. The number of rotatable bonds is 3. The van der Waals surface area contributed by atoms with Crippen LogP contribution in [0.2, 0.25) is 0 Å². The monoisotopic (exact) mass is 159 g/mol. The maximum atomic E-state index is 9.00. The predicted molar refractivity (Wildman–Crippen MR) is 43.5 cm³/mol. The number of ether oxygens (including phenoxy) is 1. The Hall–Kier alpha value is -0.120. The predicted octanol–water partition coefficient (Wildman–Crippen LogP) is 0.134. The lowest BCUT2D eigenvalue weighted by atomic mass is 10.1. The third-order valence-corrected chi connectivity index (χ3v) is 2.05. The van der Waals surface area contributed by atoms with Crippen molar-refractivity contribution < 1.29 is 9.84 Å². The van der Waals surface area contributed by atoms with Gasteiger partial charge in [-0.15, -0.1) is 0 Å². The fraction of sp³-hybridized carbons (Fsp3) is 1.00. The highest BCUT2D eigenvalue weighted by atomic mass is 16.5. The van der Waals surface area contributed by atoms with Crippen molar-refractivity contribution in [3.63, 3.8) is 0 Å². The summed E-state index contributed by atoms with van der Waals surface area (Å²) in [6.07, 6.45) is 1.10. The van der Waals surface area contributed by atoms with Gasteiger partial charge in [0.05, 0.1) is 12.2 Å². The van der Waals surface area contributed by atoms with Crippen LogP contribution in [0.25, 0.3) is 0 Å². The SMILES string of the molecule is CC(O)CNC1CCOC1C. The van der Waals surface area contributed by atoms with E-state index >= 15 is 0 Å². The van der Waals surface area contributed by atoms with Crippen molar-refractivity contribution in [2.24, 2.45) is 0 Å². The fourth-order valence-electron chi connectivity index (χ4n) is 1.32. The van der Waals surface area contributed by atoms with Crippen LogP contribution in [0, 0.1) is 0 Å². The first-order chi connectivity index (χ1) is 5.20. The normalized spacial score (nSPS) is 34.1. The van der Waals surface area contributed by atoms with E-state index in [1.165, 1.54) is 0 Å². The Bertz CT molecular complexity index is 117. The Morgan fingerprint density at radius 3 is 2.91 bits per heavy atom. The van der Waals surface area contributed by atoms with Crippen molar-refractivity contribution in [3.05, 3.63) is 0 Å². The van der Waals surface area contributed by atoms with Crippen LogP contribution in [-0.2, 0) is 4.74 Å². The van der Waals surface area contributed by atoms with Gasteiger partial charge in [-0.2, -0.15) is 0 Å². The quantitative estimate of drug-likeness (QED) is 0.615. The Morgan fingerprint density at radius 2 is 2.45 bits per heavy atom. The number of nitrogens with one attached hydrogen (secondary N) is 1. The molecule has 11 heavy (non-hydrogen) atoms. The molecule has 1 rings (SSSR count). The van der Waals surface area contributed by atoms with Gasteiger partial charge in [0.15, 0.2) is 0 Å².